The molecule has 3 heteroatoms. The Morgan fingerprint density at radius 1 is 1.33 bits per heavy atom. The van der Waals surface area contributed by atoms with E-state index in [4.69, 9.17) is 4.74 Å². The minimum Gasteiger partial charge on any atom is -0.497 e. The summed E-state index contributed by atoms with van der Waals surface area (Å²) in [6.07, 6.45) is 5.06. The number of hydrogen-bond donors (Lipinski definition) is 0. The van der Waals surface area contributed by atoms with Gasteiger partial charge < -0.3 is 4.74 Å². The molecular formula is C18H27NO2. The zero-order chi connectivity index (χ0) is 15.2. The molecule has 2 rings (SSSR count). The van der Waals surface area contributed by atoms with E-state index in [0.29, 0.717) is 18.5 Å². The highest BCUT2D eigenvalue weighted by molar-refractivity contribution is 5.98. The van der Waals surface area contributed by atoms with Gasteiger partial charge >= 0.3 is 0 Å². The predicted octanol–water partition coefficient (Wildman–Crippen LogP) is 3.78. The molecule has 1 aromatic carbocycles. The van der Waals surface area contributed by atoms with E-state index in [0.717, 1.165) is 17.9 Å². The quantitative estimate of drug-likeness (QED) is 0.715. The van der Waals surface area contributed by atoms with Crippen molar-refractivity contribution in [2.45, 2.75) is 45.6 Å². The number of benzene rings is 1. The zero-order valence-electron chi connectivity index (χ0n) is 13.5. The first-order chi connectivity index (χ1) is 10.1. The molecule has 0 saturated heterocycles. The highest BCUT2D eigenvalue weighted by atomic mass is 16.5. The molecule has 0 bridgehead atoms. The van der Waals surface area contributed by atoms with Crippen LogP contribution in [0, 0.1) is 5.92 Å². The summed E-state index contributed by atoms with van der Waals surface area (Å²) in [5, 5.41) is 0. The van der Waals surface area contributed by atoms with Gasteiger partial charge in [-0.2, -0.15) is 0 Å². The third kappa shape index (κ3) is 4.57. The first-order valence-corrected chi connectivity index (χ1v) is 8.01. The van der Waals surface area contributed by atoms with Gasteiger partial charge in [-0.15, -0.1) is 0 Å². The number of nitrogens with zero attached hydrogens (tertiary/aromatic N) is 1. The summed E-state index contributed by atoms with van der Waals surface area (Å²) in [5.41, 5.74) is 0.751. The Labute approximate surface area is 128 Å². The van der Waals surface area contributed by atoms with Crippen molar-refractivity contribution in [3.63, 3.8) is 0 Å². The zero-order valence-corrected chi connectivity index (χ0v) is 13.5. The van der Waals surface area contributed by atoms with Gasteiger partial charge in [0.25, 0.3) is 0 Å². The second-order valence-electron chi connectivity index (χ2n) is 6.42. The fourth-order valence-corrected chi connectivity index (χ4v) is 3.15. The molecule has 1 fully saturated rings. The van der Waals surface area contributed by atoms with Gasteiger partial charge in [-0.3, -0.25) is 9.69 Å². The van der Waals surface area contributed by atoms with Crippen LogP contribution in [-0.2, 0) is 0 Å². The van der Waals surface area contributed by atoms with E-state index in [-0.39, 0.29) is 5.78 Å². The van der Waals surface area contributed by atoms with E-state index >= 15 is 0 Å². The summed E-state index contributed by atoms with van der Waals surface area (Å²) in [4.78, 5) is 15.0. The van der Waals surface area contributed by atoms with E-state index in [1.54, 1.807) is 7.11 Å². The van der Waals surface area contributed by atoms with Crippen molar-refractivity contribution >= 4 is 5.78 Å². The Hall–Kier alpha value is -1.35. The van der Waals surface area contributed by atoms with Crippen molar-refractivity contribution in [1.82, 2.24) is 4.90 Å². The van der Waals surface area contributed by atoms with Gasteiger partial charge in [-0.1, -0.05) is 38.8 Å². The van der Waals surface area contributed by atoms with Crippen molar-refractivity contribution in [2.24, 2.45) is 5.92 Å². The summed E-state index contributed by atoms with van der Waals surface area (Å²) in [5.74, 6) is 1.53. The standard InChI is InChI=1S/C18H27NO2/c1-14(2)12-19(16-8-4-5-9-16)13-18(20)15-7-6-10-17(11-15)21-3/h6-7,10-11,14,16H,4-5,8-9,12-13H2,1-3H3. The summed E-state index contributed by atoms with van der Waals surface area (Å²) in [7, 11) is 1.63. The van der Waals surface area contributed by atoms with Gasteiger partial charge in [0.05, 0.1) is 13.7 Å². The highest BCUT2D eigenvalue weighted by Crippen LogP contribution is 2.24. The number of hydrogen-bond acceptors (Lipinski definition) is 3. The Kier molecular flexibility index (Phi) is 5.80. The number of ketones is 1. The van der Waals surface area contributed by atoms with Crippen molar-refractivity contribution in [1.29, 1.82) is 0 Å². The fraction of sp³-hybridized carbons (Fsp3) is 0.611. The molecule has 0 N–H and O–H groups in total. The number of carbonyl (C=O) groups excluding carboxylic acids is 1. The maximum Gasteiger partial charge on any atom is 0.176 e. The first kappa shape index (κ1) is 16.0. The normalized spacial score (nSPS) is 15.9. The third-order valence-electron chi connectivity index (χ3n) is 4.18. The molecule has 3 nitrogen and oxygen atoms in total. The largest absolute Gasteiger partial charge is 0.497 e. The number of Topliss-reactive ketones (excluding diaryl/α,β-unsaturated/α-hetero) is 1. The van der Waals surface area contributed by atoms with Crippen LogP contribution in [0.3, 0.4) is 0 Å². The van der Waals surface area contributed by atoms with E-state index in [1.807, 2.05) is 24.3 Å². The molecule has 0 aromatic heterocycles. The van der Waals surface area contributed by atoms with Crippen LogP contribution in [0.4, 0.5) is 0 Å². The number of methoxy groups -OCH3 is 1. The summed E-state index contributed by atoms with van der Waals surface area (Å²) in [6, 6.07) is 8.06. The van der Waals surface area contributed by atoms with Crippen molar-refractivity contribution in [3.8, 4) is 5.75 Å². The van der Waals surface area contributed by atoms with Gasteiger partial charge in [0.2, 0.25) is 0 Å². The molecule has 1 aliphatic rings. The molecule has 1 aliphatic carbocycles. The fourth-order valence-electron chi connectivity index (χ4n) is 3.15. The SMILES string of the molecule is COc1cccc(C(=O)CN(CC(C)C)C2CCCC2)c1. The molecule has 0 spiro atoms. The Morgan fingerprint density at radius 3 is 2.67 bits per heavy atom. The lowest BCUT2D eigenvalue weighted by atomic mass is 10.1. The lowest BCUT2D eigenvalue weighted by Gasteiger charge is -2.29. The first-order valence-electron chi connectivity index (χ1n) is 8.01. The molecule has 0 radical (unpaired) electrons. The molecule has 0 heterocycles. The van der Waals surface area contributed by atoms with Gasteiger partial charge in [0.1, 0.15) is 5.75 Å². The van der Waals surface area contributed by atoms with Gasteiger partial charge in [0.15, 0.2) is 5.78 Å². The van der Waals surface area contributed by atoms with Crippen LogP contribution in [0.2, 0.25) is 0 Å². The number of ether oxygens (including phenoxy) is 1. The third-order valence-corrected chi connectivity index (χ3v) is 4.18. The minimum atomic E-state index is 0.196. The van der Waals surface area contributed by atoms with Crippen LogP contribution >= 0.6 is 0 Å². The molecule has 1 saturated carbocycles. The highest BCUT2D eigenvalue weighted by Gasteiger charge is 2.25. The molecule has 0 unspecified atom stereocenters. The van der Waals surface area contributed by atoms with E-state index in [1.165, 1.54) is 25.7 Å². The maximum atomic E-state index is 12.6. The van der Waals surface area contributed by atoms with Crippen LogP contribution in [0.25, 0.3) is 0 Å². The molecule has 0 amide bonds. The molecule has 0 aliphatic heterocycles. The predicted molar refractivity (Wildman–Crippen MR) is 86.0 cm³/mol. The van der Waals surface area contributed by atoms with E-state index in [2.05, 4.69) is 18.7 Å². The second kappa shape index (κ2) is 7.60. The lowest BCUT2D eigenvalue weighted by Crippen LogP contribution is -2.40. The van der Waals surface area contributed by atoms with Gasteiger partial charge in [0, 0.05) is 18.2 Å². The molecule has 0 atom stereocenters. The topological polar surface area (TPSA) is 29.5 Å². The smallest absolute Gasteiger partial charge is 0.176 e. The summed E-state index contributed by atoms with van der Waals surface area (Å²) >= 11 is 0. The molecule has 1 aromatic rings. The van der Waals surface area contributed by atoms with Crippen molar-refractivity contribution in [3.05, 3.63) is 29.8 Å². The van der Waals surface area contributed by atoms with E-state index in [9.17, 15) is 4.79 Å². The van der Waals surface area contributed by atoms with Crippen LogP contribution in [0.5, 0.6) is 5.75 Å². The molecule has 116 valence electrons. The van der Waals surface area contributed by atoms with Crippen LogP contribution in [-0.4, -0.2) is 36.9 Å². The Balaban J connectivity index is 2.05. The lowest BCUT2D eigenvalue weighted by molar-refractivity contribution is 0.0876. The Bertz CT molecular complexity index is 464. The average Bonchev–Trinajstić information content (AvgIpc) is 3.00. The Morgan fingerprint density at radius 2 is 2.05 bits per heavy atom. The number of rotatable bonds is 7. The average molecular weight is 289 g/mol. The number of carbonyl (C=O) groups is 1. The molecular weight excluding hydrogens is 262 g/mol. The summed E-state index contributed by atoms with van der Waals surface area (Å²) in [6.45, 7) is 5.96. The molecule has 21 heavy (non-hydrogen) atoms. The van der Waals surface area contributed by atoms with Crippen LogP contribution in [0.1, 0.15) is 49.9 Å². The minimum absolute atomic E-state index is 0.196. The van der Waals surface area contributed by atoms with Crippen LogP contribution < -0.4 is 4.74 Å². The van der Waals surface area contributed by atoms with Crippen LogP contribution in [0.15, 0.2) is 24.3 Å². The maximum absolute atomic E-state index is 12.6. The van der Waals surface area contributed by atoms with Gasteiger partial charge in [-0.05, 0) is 30.9 Å². The monoisotopic (exact) mass is 289 g/mol. The van der Waals surface area contributed by atoms with Crippen molar-refractivity contribution < 1.29 is 9.53 Å². The summed E-state index contributed by atoms with van der Waals surface area (Å²) < 4.78 is 5.21. The van der Waals surface area contributed by atoms with E-state index < -0.39 is 0 Å². The van der Waals surface area contributed by atoms with Crippen molar-refractivity contribution in [2.75, 3.05) is 20.2 Å². The second-order valence-corrected chi connectivity index (χ2v) is 6.42. The van der Waals surface area contributed by atoms with Gasteiger partial charge in [-0.25, -0.2) is 0 Å².